The van der Waals surface area contributed by atoms with Gasteiger partial charge in [-0.2, -0.15) is 0 Å². The average Bonchev–Trinajstić information content (AvgIpc) is 3.11. The van der Waals surface area contributed by atoms with Crippen molar-refractivity contribution in [1.82, 2.24) is 0 Å². The van der Waals surface area contributed by atoms with E-state index in [9.17, 15) is 10.2 Å². The summed E-state index contributed by atoms with van der Waals surface area (Å²) in [6.07, 6.45) is 1.49. The molecule has 1 fully saturated rings. The van der Waals surface area contributed by atoms with Gasteiger partial charge >= 0.3 is 0 Å². The Balaban J connectivity index is 1.83. The van der Waals surface area contributed by atoms with Crippen LogP contribution >= 0.6 is 0 Å². The van der Waals surface area contributed by atoms with E-state index >= 15 is 0 Å². The van der Waals surface area contributed by atoms with Crippen molar-refractivity contribution >= 4 is 0 Å². The second-order valence-corrected chi connectivity index (χ2v) is 8.54. The summed E-state index contributed by atoms with van der Waals surface area (Å²) in [5, 5.41) is 23.6. The number of hydrogen-bond donors (Lipinski definition) is 2. The Morgan fingerprint density at radius 3 is 2.28 bits per heavy atom. The fraction of sp³-hybridized carbons (Fsp3) is 0.357. The molecule has 4 rings (SSSR count). The minimum atomic E-state index is -1.49. The van der Waals surface area contributed by atoms with Gasteiger partial charge in [0.25, 0.3) is 0 Å². The number of methoxy groups -OCH3 is 1. The summed E-state index contributed by atoms with van der Waals surface area (Å²) in [5.74, 6) is 1.00. The Kier molecular flexibility index (Phi) is 6.83. The Labute approximate surface area is 190 Å². The molecule has 0 aromatic heterocycles. The van der Waals surface area contributed by atoms with Gasteiger partial charge in [0.15, 0.2) is 0 Å². The predicted molar refractivity (Wildman–Crippen MR) is 126 cm³/mol. The van der Waals surface area contributed by atoms with E-state index in [1.165, 1.54) is 0 Å². The molecule has 1 saturated carbocycles. The lowest BCUT2D eigenvalue weighted by Gasteiger charge is -2.36. The zero-order valence-electron chi connectivity index (χ0n) is 18.8. The minimum absolute atomic E-state index is 0.0479. The molecule has 1 unspecified atom stereocenters. The summed E-state index contributed by atoms with van der Waals surface area (Å²) in [7, 11) is 1.64. The van der Waals surface area contributed by atoms with Gasteiger partial charge in [-0.15, -0.1) is 0 Å². The van der Waals surface area contributed by atoms with Crippen molar-refractivity contribution in [3.63, 3.8) is 0 Å². The molecule has 4 heteroatoms. The van der Waals surface area contributed by atoms with E-state index in [4.69, 9.17) is 9.47 Å². The molecule has 0 radical (unpaired) electrons. The Hall–Kier alpha value is -2.82. The lowest BCUT2D eigenvalue weighted by Crippen LogP contribution is -2.40. The van der Waals surface area contributed by atoms with Crippen LogP contribution in [0.15, 0.2) is 78.9 Å². The summed E-state index contributed by atoms with van der Waals surface area (Å²) >= 11 is 0. The van der Waals surface area contributed by atoms with Crippen molar-refractivity contribution in [2.75, 3.05) is 13.7 Å². The van der Waals surface area contributed by atoms with Gasteiger partial charge in [0.2, 0.25) is 0 Å². The Bertz CT molecular complexity index is 1000. The molecule has 0 heterocycles. The molecule has 3 aromatic carbocycles. The van der Waals surface area contributed by atoms with E-state index in [1.807, 2.05) is 66.7 Å². The highest BCUT2D eigenvalue weighted by Gasteiger charge is 2.56. The van der Waals surface area contributed by atoms with E-state index in [1.54, 1.807) is 7.11 Å². The van der Waals surface area contributed by atoms with E-state index in [2.05, 4.69) is 19.1 Å². The molecule has 0 bridgehead atoms. The summed E-state index contributed by atoms with van der Waals surface area (Å²) in [6, 6.07) is 25.5. The molecule has 4 nitrogen and oxygen atoms in total. The van der Waals surface area contributed by atoms with Crippen LogP contribution in [0.25, 0.3) is 0 Å². The van der Waals surface area contributed by atoms with Gasteiger partial charge in [-0.1, -0.05) is 74.0 Å². The number of hydrogen-bond acceptors (Lipinski definition) is 4. The third-order valence-electron chi connectivity index (χ3n) is 6.64. The number of rotatable bonds is 8. The van der Waals surface area contributed by atoms with Crippen LogP contribution in [0.1, 0.15) is 54.7 Å². The minimum Gasteiger partial charge on any atom is -0.497 e. The predicted octanol–water partition coefficient (Wildman–Crippen LogP) is 5.39. The van der Waals surface area contributed by atoms with E-state index < -0.39 is 11.7 Å². The van der Waals surface area contributed by atoms with Crippen molar-refractivity contribution < 1.29 is 19.7 Å². The molecule has 0 saturated heterocycles. The summed E-state index contributed by atoms with van der Waals surface area (Å²) in [6.45, 7) is 2.70. The van der Waals surface area contributed by atoms with Gasteiger partial charge in [-0.05, 0) is 48.1 Å². The van der Waals surface area contributed by atoms with Crippen molar-refractivity contribution in [2.24, 2.45) is 0 Å². The first-order valence-corrected chi connectivity index (χ1v) is 11.4. The maximum atomic E-state index is 12.3. The lowest BCUT2D eigenvalue weighted by molar-refractivity contribution is -0.0711. The third kappa shape index (κ3) is 4.13. The number of unbranched alkanes of at least 4 members (excludes halogenated alkanes) is 1. The third-order valence-corrected chi connectivity index (χ3v) is 6.64. The monoisotopic (exact) mass is 432 g/mol. The lowest BCUT2D eigenvalue weighted by atomic mass is 9.74. The van der Waals surface area contributed by atoms with Crippen LogP contribution in [0.3, 0.4) is 0 Å². The molecule has 2 N–H and O–H groups in total. The molecule has 0 spiro atoms. The second kappa shape index (κ2) is 9.76. The maximum Gasteiger partial charge on any atom is 0.126 e. The molecule has 1 aliphatic carbocycles. The highest BCUT2D eigenvalue weighted by Crippen LogP contribution is 2.58. The fourth-order valence-electron chi connectivity index (χ4n) is 4.99. The Morgan fingerprint density at radius 2 is 1.59 bits per heavy atom. The molecular formula is C28H32O4. The molecule has 0 amide bonds. The summed E-state index contributed by atoms with van der Waals surface area (Å²) in [5.41, 5.74) is 1.22. The fourth-order valence-corrected chi connectivity index (χ4v) is 4.99. The highest BCUT2D eigenvalue weighted by molar-refractivity contribution is 5.47. The molecule has 1 aliphatic rings. The molecule has 168 valence electrons. The zero-order valence-corrected chi connectivity index (χ0v) is 18.8. The molecular weight excluding hydrogens is 400 g/mol. The van der Waals surface area contributed by atoms with E-state index in [-0.39, 0.29) is 11.8 Å². The largest absolute Gasteiger partial charge is 0.497 e. The van der Waals surface area contributed by atoms with Crippen molar-refractivity contribution in [1.29, 1.82) is 0 Å². The van der Waals surface area contributed by atoms with E-state index in [0.717, 1.165) is 29.7 Å². The SMILES string of the molecule is CCCCOc1ccccc1[C@]1(O)C(c2ccc(OC)cc2)[C@H](c2ccccc2)C[C@H]1O. The van der Waals surface area contributed by atoms with Crippen molar-refractivity contribution in [2.45, 2.75) is 49.7 Å². The van der Waals surface area contributed by atoms with Crippen LogP contribution in [-0.4, -0.2) is 30.0 Å². The second-order valence-electron chi connectivity index (χ2n) is 8.54. The number of aliphatic hydroxyl groups excluding tert-OH is 1. The zero-order chi connectivity index (χ0) is 22.6. The van der Waals surface area contributed by atoms with Gasteiger partial charge in [-0.25, -0.2) is 0 Å². The molecule has 32 heavy (non-hydrogen) atoms. The van der Waals surface area contributed by atoms with Gasteiger partial charge in [0.05, 0.1) is 19.8 Å². The quantitative estimate of drug-likeness (QED) is 0.468. The summed E-state index contributed by atoms with van der Waals surface area (Å²) in [4.78, 5) is 0. The standard InChI is InChI=1S/C28H32O4/c1-3-4-18-32-25-13-9-8-12-24(25)28(30)26(29)19-23(20-10-6-5-7-11-20)27(28)21-14-16-22(31-2)17-15-21/h5-17,23,26-27,29-30H,3-4,18-19H2,1-2H3/t23-,26+,27?,28+/m0/s1. The van der Waals surface area contributed by atoms with Crippen LogP contribution in [0.2, 0.25) is 0 Å². The van der Waals surface area contributed by atoms with Crippen molar-refractivity contribution in [3.05, 3.63) is 95.6 Å². The van der Waals surface area contributed by atoms with Gasteiger partial charge in [-0.3, -0.25) is 0 Å². The number of aliphatic hydroxyl groups is 2. The highest BCUT2D eigenvalue weighted by atomic mass is 16.5. The maximum absolute atomic E-state index is 12.3. The first kappa shape index (κ1) is 22.4. The first-order valence-electron chi connectivity index (χ1n) is 11.4. The van der Waals surface area contributed by atoms with Crippen LogP contribution in [-0.2, 0) is 5.60 Å². The molecule has 3 aromatic rings. The normalized spacial score (nSPS) is 24.9. The van der Waals surface area contributed by atoms with Crippen LogP contribution in [0.5, 0.6) is 11.5 Å². The molecule has 0 aliphatic heterocycles. The average molecular weight is 433 g/mol. The van der Waals surface area contributed by atoms with Crippen LogP contribution < -0.4 is 9.47 Å². The first-order chi connectivity index (χ1) is 15.6. The number of para-hydroxylation sites is 1. The Morgan fingerprint density at radius 1 is 0.906 bits per heavy atom. The van der Waals surface area contributed by atoms with Crippen LogP contribution in [0, 0.1) is 0 Å². The van der Waals surface area contributed by atoms with Gasteiger partial charge in [0, 0.05) is 11.5 Å². The topological polar surface area (TPSA) is 58.9 Å². The smallest absolute Gasteiger partial charge is 0.126 e. The molecule has 4 atom stereocenters. The van der Waals surface area contributed by atoms with Crippen molar-refractivity contribution in [3.8, 4) is 11.5 Å². The number of ether oxygens (including phenoxy) is 2. The van der Waals surface area contributed by atoms with Crippen LogP contribution in [0.4, 0.5) is 0 Å². The van der Waals surface area contributed by atoms with E-state index in [0.29, 0.717) is 24.3 Å². The van der Waals surface area contributed by atoms with Gasteiger partial charge in [0.1, 0.15) is 17.1 Å². The number of benzene rings is 3. The van der Waals surface area contributed by atoms with Gasteiger partial charge < -0.3 is 19.7 Å². The summed E-state index contributed by atoms with van der Waals surface area (Å²) < 4.78 is 11.4.